The molecular weight excluding hydrogens is 585 g/mol. The maximum atomic E-state index is 15.0. The molecule has 4 aromatic rings. The van der Waals surface area contributed by atoms with Crippen molar-refractivity contribution < 1.29 is 35.5 Å². The van der Waals surface area contributed by atoms with Gasteiger partial charge in [0.15, 0.2) is 23.3 Å². The van der Waals surface area contributed by atoms with Crippen LogP contribution < -0.4 is 4.74 Å². The van der Waals surface area contributed by atoms with Gasteiger partial charge in [0.1, 0.15) is 22.9 Å². The lowest BCUT2D eigenvalue weighted by Crippen LogP contribution is -2.25. The summed E-state index contributed by atoms with van der Waals surface area (Å²) in [6.45, 7) is 2.08. The normalized spacial score (nSPS) is 17.1. The van der Waals surface area contributed by atoms with Crippen LogP contribution in [0.4, 0.5) is 30.7 Å². The maximum absolute atomic E-state index is 15.0. The van der Waals surface area contributed by atoms with Gasteiger partial charge < -0.3 is 4.74 Å². The van der Waals surface area contributed by atoms with Crippen molar-refractivity contribution >= 4 is 0 Å². The Morgan fingerprint density at radius 3 is 1.82 bits per heavy atom. The largest absolute Gasteiger partial charge is 0.432 e. The summed E-state index contributed by atoms with van der Waals surface area (Å²) in [7, 11) is 0. The first-order chi connectivity index (χ1) is 21.1. The van der Waals surface area contributed by atoms with Gasteiger partial charge in [0, 0.05) is 18.0 Å². The lowest BCUT2D eigenvalue weighted by Gasteiger charge is -2.29. The minimum Gasteiger partial charge on any atom is -0.429 e. The number of ether oxygens (including phenoxy) is 1. The van der Waals surface area contributed by atoms with Crippen LogP contribution in [-0.4, -0.2) is 9.97 Å². The van der Waals surface area contributed by atoms with Gasteiger partial charge in [-0.1, -0.05) is 31.9 Å². The zero-order valence-corrected chi connectivity index (χ0v) is 24.0. The highest BCUT2D eigenvalue weighted by Gasteiger charge is 2.41. The van der Waals surface area contributed by atoms with Crippen molar-refractivity contribution in [3.8, 4) is 17.1 Å². The van der Waals surface area contributed by atoms with E-state index in [9.17, 15) is 22.0 Å². The van der Waals surface area contributed by atoms with E-state index in [1.54, 1.807) is 24.5 Å². The van der Waals surface area contributed by atoms with Crippen molar-refractivity contribution in [3.05, 3.63) is 112 Å². The number of benzene rings is 3. The van der Waals surface area contributed by atoms with Crippen molar-refractivity contribution in [1.29, 1.82) is 0 Å². The van der Waals surface area contributed by atoms with E-state index >= 15 is 8.78 Å². The molecule has 3 aromatic carbocycles. The van der Waals surface area contributed by atoms with E-state index in [-0.39, 0.29) is 29.0 Å². The Hall–Kier alpha value is -3.95. The fraction of sp³-hybridized carbons (Fsp3) is 0.353. The summed E-state index contributed by atoms with van der Waals surface area (Å²) in [5.74, 6) is -7.25. The number of nitrogens with zero attached hydrogens (tertiary/aromatic N) is 2. The van der Waals surface area contributed by atoms with Crippen molar-refractivity contribution in [2.45, 2.75) is 76.2 Å². The third kappa shape index (κ3) is 7.05. The van der Waals surface area contributed by atoms with E-state index in [1.807, 2.05) is 0 Å². The molecule has 1 aromatic heterocycles. The van der Waals surface area contributed by atoms with Crippen molar-refractivity contribution in [1.82, 2.24) is 9.97 Å². The number of aryl methyl sites for hydroxylation is 1. The topological polar surface area (TPSA) is 35.0 Å². The Kier molecular flexibility index (Phi) is 9.56. The molecule has 1 aliphatic rings. The van der Waals surface area contributed by atoms with E-state index in [0.717, 1.165) is 61.1 Å². The van der Waals surface area contributed by atoms with Gasteiger partial charge in [-0.05, 0) is 103 Å². The SMILES string of the molecule is CCCCCc1cnc(-c2cc(F)c(C(F)(F)Oc3ccc(C4CCC(c5cc(F)c(F)c(F)c5)CC4)cc3)c(F)c2)nc1. The monoisotopic (exact) mass is 616 g/mol. The summed E-state index contributed by atoms with van der Waals surface area (Å²) >= 11 is 0. The van der Waals surface area contributed by atoms with E-state index in [2.05, 4.69) is 16.9 Å². The molecule has 0 radical (unpaired) electrons. The van der Waals surface area contributed by atoms with Gasteiger partial charge in [-0.2, -0.15) is 8.78 Å². The van der Waals surface area contributed by atoms with Gasteiger partial charge in [-0.15, -0.1) is 0 Å². The number of halogens is 7. The molecule has 1 aliphatic carbocycles. The average Bonchev–Trinajstić information content (AvgIpc) is 3.00. The average molecular weight is 617 g/mol. The molecule has 0 atom stereocenters. The zero-order chi connectivity index (χ0) is 31.4. The number of rotatable bonds is 10. The highest BCUT2D eigenvalue weighted by atomic mass is 19.3. The fourth-order valence-corrected chi connectivity index (χ4v) is 5.77. The predicted octanol–water partition coefficient (Wildman–Crippen LogP) is 10.1. The number of alkyl halides is 2. The van der Waals surface area contributed by atoms with Crippen LogP contribution in [0.5, 0.6) is 5.75 Å². The van der Waals surface area contributed by atoms with Gasteiger partial charge >= 0.3 is 6.11 Å². The molecule has 10 heteroatoms. The molecule has 0 spiro atoms. The number of hydrogen-bond donors (Lipinski definition) is 0. The van der Waals surface area contributed by atoms with Crippen LogP contribution in [0.25, 0.3) is 11.4 Å². The zero-order valence-electron chi connectivity index (χ0n) is 24.0. The van der Waals surface area contributed by atoms with Gasteiger partial charge in [0.2, 0.25) is 0 Å². The first kappa shape index (κ1) is 31.5. The molecule has 0 aliphatic heterocycles. The molecule has 0 unspecified atom stereocenters. The highest BCUT2D eigenvalue weighted by Crippen LogP contribution is 2.42. The third-order valence-corrected chi connectivity index (χ3v) is 8.17. The molecule has 0 saturated heterocycles. The van der Waals surface area contributed by atoms with Crippen LogP contribution in [0.1, 0.15) is 86.0 Å². The second-order valence-corrected chi connectivity index (χ2v) is 11.2. The molecule has 44 heavy (non-hydrogen) atoms. The number of unbranched alkanes of at least 4 members (excludes halogenated alkanes) is 2. The molecule has 232 valence electrons. The Balaban J connectivity index is 1.23. The molecule has 5 rings (SSSR count). The number of aromatic nitrogens is 2. The van der Waals surface area contributed by atoms with Crippen molar-refractivity contribution in [3.63, 3.8) is 0 Å². The summed E-state index contributed by atoms with van der Waals surface area (Å²) in [5.41, 5.74) is 0.522. The van der Waals surface area contributed by atoms with Crippen LogP contribution in [0, 0.1) is 29.1 Å². The van der Waals surface area contributed by atoms with Crippen LogP contribution in [0.3, 0.4) is 0 Å². The van der Waals surface area contributed by atoms with Crippen LogP contribution in [-0.2, 0) is 12.5 Å². The van der Waals surface area contributed by atoms with Crippen LogP contribution in [0.15, 0.2) is 60.9 Å². The standard InChI is InChI=1S/C34H31F7N2O/c1-2-3-4-5-20-18-42-33(43-19-20)25-16-27(35)31(28(36)17-25)34(40,41)44-26-12-10-22(11-13-26)21-6-8-23(9-7-21)24-14-29(37)32(39)30(38)15-24/h10-19,21,23H,2-9H2,1H3. The van der Waals surface area contributed by atoms with E-state index in [4.69, 9.17) is 4.74 Å². The minimum absolute atomic E-state index is 0.0134. The smallest absolute Gasteiger partial charge is 0.429 e. The van der Waals surface area contributed by atoms with E-state index < -0.39 is 40.8 Å². The lowest BCUT2D eigenvalue weighted by molar-refractivity contribution is -0.189. The minimum atomic E-state index is -4.31. The molecular formula is C34H31F7N2O. The molecule has 1 heterocycles. The summed E-state index contributed by atoms with van der Waals surface area (Å²) < 4.78 is 105. The first-order valence-electron chi connectivity index (χ1n) is 14.7. The molecule has 0 bridgehead atoms. The second kappa shape index (κ2) is 13.4. The molecule has 0 N–H and O–H groups in total. The van der Waals surface area contributed by atoms with Crippen molar-refractivity contribution in [2.75, 3.05) is 0 Å². The Bertz CT molecular complexity index is 1540. The molecule has 1 fully saturated rings. The van der Waals surface area contributed by atoms with E-state index in [0.29, 0.717) is 31.2 Å². The first-order valence-corrected chi connectivity index (χ1v) is 14.7. The van der Waals surface area contributed by atoms with Gasteiger partial charge in [-0.25, -0.2) is 31.9 Å². The number of hydrogen-bond acceptors (Lipinski definition) is 3. The second-order valence-electron chi connectivity index (χ2n) is 11.2. The maximum Gasteiger partial charge on any atom is 0.432 e. The van der Waals surface area contributed by atoms with Crippen molar-refractivity contribution in [2.24, 2.45) is 0 Å². The molecule has 1 saturated carbocycles. The molecule has 0 amide bonds. The van der Waals surface area contributed by atoms with Gasteiger partial charge in [0.25, 0.3) is 0 Å². The highest BCUT2D eigenvalue weighted by molar-refractivity contribution is 5.56. The summed E-state index contributed by atoms with van der Waals surface area (Å²) in [6.07, 6.45) is 5.18. The van der Waals surface area contributed by atoms with Crippen LogP contribution >= 0.6 is 0 Å². The van der Waals surface area contributed by atoms with Crippen LogP contribution in [0.2, 0.25) is 0 Å². The fourth-order valence-electron chi connectivity index (χ4n) is 5.77. The summed E-state index contributed by atoms with van der Waals surface area (Å²) in [6, 6.07) is 9.38. The predicted molar refractivity (Wildman–Crippen MR) is 152 cm³/mol. The summed E-state index contributed by atoms with van der Waals surface area (Å²) in [4.78, 5) is 8.28. The third-order valence-electron chi connectivity index (χ3n) is 8.17. The molecule has 3 nitrogen and oxygen atoms in total. The van der Waals surface area contributed by atoms with Gasteiger partial charge in [0.05, 0.1) is 0 Å². The Labute approximate surface area is 251 Å². The van der Waals surface area contributed by atoms with Gasteiger partial charge in [-0.3, -0.25) is 0 Å². The quantitative estimate of drug-likeness (QED) is 0.101. The Morgan fingerprint density at radius 2 is 1.27 bits per heavy atom. The van der Waals surface area contributed by atoms with E-state index in [1.165, 1.54) is 12.1 Å². The lowest BCUT2D eigenvalue weighted by atomic mass is 9.76. The summed E-state index contributed by atoms with van der Waals surface area (Å²) in [5, 5.41) is 0. The Morgan fingerprint density at radius 1 is 0.727 bits per heavy atom.